The highest BCUT2D eigenvalue weighted by molar-refractivity contribution is 7.47. The van der Waals surface area contributed by atoms with Gasteiger partial charge in [-0.15, -0.1) is 4.36 Å². The number of hydrogen-bond donors (Lipinski definition) is 1. The highest BCUT2D eigenvalue weighted by atomic mass is 32.1. The molecule has 0 aliphatic heterocycles. The van der Waals surface area contributed by atoms with E-state index in [2.05, 4.69) is 16.8 Å². The number of carboxylic acids is 1. The van der Waals surface area contributed by atoms with Crippen LogP contribution in [0.15, 0.2) is 4.36 Å². The summed E-state index contributed by atoms with van der Waals surface area (Å²) in [6, 6.07) is 0. The van der Waals surface area contributed by atoms with E-state index in [-0.39, 0.29) is 12.8 Å². The van der Waals surface area contributed by atoms with Gasteiger partial charge in [0.15, 0.2) is 0 Å². The van der Waals surface area contributed by atoms with Crippen LogP contribution in [0, 0.1) is 0 Å². The molecule has 0 aromatic carbocycles. The van der Waals surface area contributed by atoms with Crippen molar-refractivity contribution >= 4 is 24.3 Å². The molecule has 0 spiro atoms. The highest BCUT2D eigenvalue weighted by Gasteiger charge is 2.01. The summed E-state index contributed by atoms with van der Waals surface area (Å²) in [4.78, 5) is 20.0. The minimum atomic E-state index is -1.01. The number of aliphatic carboxylic acids is 1. The van der Waals surface area contributed by atoms with Gasteiger partial charge in [0.2, 0.25) is 0 Å². The van der Waals surface area contributed by atoms with Gasteiger partial charge in [-0.25, -0.2) is 0 Å². The minimum Gasteiger partial charge on any atom is -0.481 e. The van der Waals surface area contributed by atoms with E-state index in [0.29, 0.717) is 0 Å². The predicted molar refractivity (Wildman–Crippen MR) is 31.7 cm³/mol. The van der Waals surface area contributed by atoms with Crippen LogP contribution in [0.2, 0.25) is 0 Å². The van der Waals surface area contributed by atoms with Crippen LogP contribution in [0.1, 0.15) is 12.8 Å². The molecule has 0 aromatic heterocycles. The average molecular weight is 147 g/mol. The van der Waals surface area contributed by atoms with E-state index in [0.717, 1.165) is 0 Å². The van der Waals surface area contributed by atoms with Crippen molar-refractivity contribution in [1.82, 2.24) is 0 Å². The molecule has 5 heteroatoms. The molecule has 0 rings (SSSR count). The van der Waals surface area contributed by atoms with Crippen LogP contribution in [0.25, 0.3) is 0 Å². The maximum Gasteiger partial charge on any atom is 0.303 e. The van der Waals surface area contributed by atoms with Crippen molar-refractivity contribution in [3.05, 3.63) is 0 Å². The van der Waals surface area contributed by atoms with Crippen molar-refractivity contribution in [1.29, 1.82) is 0 Å². The number of carbonyl (C=O) groups excluding carboxylic acids is 1. The van der Waals surface area contributed by atoms with E-state index in [1.807, 2.05) is 0 Å². The fraction of sp³-hybridized carbons (Fsp3) is 0.500. The third-order valence-corrected chi connectivity index (χ3v) is 0.858. The van der Waals surface area contributed by atoms with Crippen LogP contribution in [0.5, 0.6) is 0 Å². The molecule has 0 aliphatic carbocycles. The molecular formula is C4H5NO3S. The molecule has 0 saturated carbocycles. The van der Waals surface area contributed by atoms with Crippen molar-refractivity contribution in [3.8, 4) is 0 Å². The molecule has 50 valence electrons. The highest BCUT2D eigenvalue weighted by Crippen LogP contribution is 1.90. The average Bonchev–Trinajstić information content (AvgIpc) is 1.83. The topological polar surface area (TPSA) is 66.7 Å². The fourth-order valence-electron chi connectivity index (χ4n) is 0.260. The summed E-state index contributed by atoms with van der Waals surface area (Å²) < 4.78 is 2.84. The largest absolute Gasteiger partial charge is 0.481 e. The summed E-state index contributed by atoms with van der Waals surface area (Å²) in [6.45, 7) is 0. The number of nitrogens with zero attached hydrogens (tertiary/aromatic N) is 1. The first-order valence-electron chi connectivity index (χ1n) is 2.25. The molecule has 0 heterocycles. The molecule has 0 bridgehead atoms. The molecule has 0 fully saturated rings. The van der Waals surface area contributed by atoms with E-state index < -0.39 is 11.9 Å². The monoisotopic (exact) mass is 147 g/mol. The van der Waals surface area contributed by atoms with Crippen LogP contribution < -0.4 is 0 Å². The third-order valence-electron chi connectivity index (χ3n) is 0.655. The number of carboxylic acid groups (broad SMARTS) is 1. The van der Waals surface area contributed by atoms with E-state index in [1.54, 1.807) is 0 Å². The Morgan fingerprint density at radius 2 is 2.00 bits per heavy atom. The van der Waals surface area contributed by atoms with Gasteiger partial charge in [-0.05, 0) is 0 Å². The molecule has 0 radical (unpaired) electrons. The van der Waals surface area contributed by atoms with Crippen LogP contribution >= 0.6 is 0 Å². The zero-order valence-electron chi connectivity index (χ0n) is 4.53. The van der Waals surface area contributed by atoms with Gasteiger partial charge in [0.25, 0.3) is 5.91 Å². The Labute approximate surface area is 57.0 Å². The van der Waals surface area contributed by atoms with E-state index in [4.69, 9.17) is 5.11 Å². The lowest BCUT2D eigenvalue weighted by molar-refractivity contribution is -0.138. The lowest BCUT2D eigenvalue weighted by Crippen LogP contribution is -1.99. The normalized spacial score (nSPS) is 8.44. The maximum atomic E-state index is 10.2. The van der Waals surface area contributed by atoms with Crippen molar-refractivity contribution in [2.45, 2.75) is 12.8 Å². The molecule has 0 aromatic rings. The van der Waals surface area contributed by atoms with Crippen molar-refractivity contribution in [3.63, 3.8) is 0 Å². The number of amides is 1. The summed E-state index contributed by atoms with van der Waals surface area (Å²) in [6.07, 6.45) is -0.294. The Hall–Kier alpha value is -0.840. The Morgan fingerprint density at radius 3 is 2.33 bits per heavy atom. The Kier molecular flexibility index (Phi) is 3.70. The van der Waals surface area contributed by atoms with Gasteiger partial charge in [0.05, 0.1) is 6.42 Å². The van der Waals surface area contributed by atoms with E-state index >= 15 is 0 Å². The fourth-order valence-corrected chi connectivity index (χ4v) is 0.351. The quantitative estimate of drug-likeness (QED) is 0.615. The van der Waals surface area contributed by atoms with E-state index in [1.165, 1.54) is 0 Å². The van der Waals surface area contributed by atoms with Gasteiger partial charge < -0.3 is 5.11 Å². The first-order valence-corrected chi connectivity index (χ1v) is 2.61. The summed E-state index contributed by atoms with van der Waals surface area (Å²) in [5.41, 5.74) is 0. The lowest BCUT2D eigenvalue weighted by atomic mass is 10.3. The molecule has 0 aliphatic rings. The molecular weight excluding hydrogens is 142 g/mol. The zero-order chi connectivity index (χ0) is 7.28. The van der Waals surface area contributed by atoms with Crippen LogP contribution in [0.4, 0.5) is 0 Å². The Bertz CT molecular complexity index is 145. The van der Waals surface area contributed by atoms with E-state index in [9.17, 15) is 9.59 Å². The van der Waals surface area contributed by atoms with Gasteiger partial charge in [-0.2, -0.15) is 0 Å². The third kappa shape index (κ3) is 5.02. The molecule has 9 heavy (non-hydrogen) atoms. The van der Waals surface area contributed by atoms with Crippen LogP contribution in [-0.2, 0) is 22.0 Å². The maximum absolute atomic E-state index is 10.2. The van der Waals surface area contributed by atoms with Crippen LogP contribution in [-0.4, -0.2) is 17.0 Å². The summed E-state index contributed by atoms with van der Waals surface area (Å²) in [5, 5.41) is 8.03. The van der Waals surface area contributed by atoms with Crippen molar-refractivity contribution in [2.75, 3.05) is 0 Å². The van der Waals surface area contributed by atoms with Gasteiger partial charge in [-0.1, -0.05) is 0 Å². The van der Waals surface area contributed by atoms with Gasteiger partial charge in [0.1, 0.15) is 0 Å². The number of carbonyl (C=O) groups is 2. The molecule has 0 saturated heterocycles. The second-order valence-corrected chi connectivity index (χ2v) is 1.56. The molecule has 4 nitrogen and oxygen atoms in total. The van der Waals surface area contributed by atoms with Gasteiger partial charge >= 0.3 is 5.97 Å². The SMILES string of the molecule is O=C(O)CCC(=O)N=S. The first-order chi connectivity index (χ1) is 4.16. The zero-order valence-corrected chi connectivity index (χ0v) is 5.35. The smallest absolute Gasteiger partial charge is 0.303 e. The Balaban J connectivity index is 3.39. The summed E-state index contributed by atoms with van der Waals surface area (Å²) in [7, 11) is 0. The number of rotatable bonds is 3. The first kappa shape index (κ1) is 8.16. The minimum absolute atomic E-state index is 0.0984. The van der Waals surface area contributed by atoms with Crippen LogP contribution in [0.3, 0.4) is 0 Å². The Morgan fingerprint density at radius 1 is 1.44 bits per heavy atom. The van der Waals surface area contributed by atoms with Gasteiger partial charge in [0, 0.05) is 18.8 Å². The molecule has 1 amide bonds. The standard InChI is InChI=1S/C4H5NO3S/c6-3(5-9)1-2-4(7)8/h1-2H2,(H,7,8). The molecule has 0 atom stereocenters. The number of hydrogen-bond acceptors (Lipinski definition) is 3. The summed E-state index contributed by atoms with van der Waals surface area (Å²) in [5.74, 6) is -1.56. The second-order valence-electron chi connectivity index (χ2n) is 1.38. The van der Waals surface area contributed by atoms with Gasteiger partial charge in [-0.3, -0.25) is 9.59 Å². The lowest BCUT2D eigenvalue weighted by Gasteiger charge is -1.85. The molecule has 0 unspecified atom stereocenters. The van der Waals surface area contributed by atoms with Crippen molar-refractivity contribution < 1.29 is 14.7 Å². The second kappa shape index (κ2) is 4.08. The summed E-state index contributed by atoms with van der Waals surface area (Å²) >= 11 is 4.01. The predicted octanol–water partition coefficient (Wildman–Crippen LogP) is 0.108. The van der Waals surface area contributed by atoms with Crippen molar-refractivity contribution in [2.24, 2.45) is 4.36 Å². The molecule has 1 N–H and O–H groups in total.